The molecule has 0 unspecified atom stereocenters. The van der Waals surface area contributed by atoms with Gasteiger partial charge >= 0.3 is 0 Å². The third-order valence-electron chi connectivity index (χ3n) is 5.54. The van der Waals surface area contributed by atoms with Crippen LogP contribution in [-0.4, -0.2) is 5.11 Å². The second-order valence-corrected chi connectivity index (χ2v) is 8.27. The second-order valence-electron chi connectivity index (χ2n) is 7.41. The van der Waals surface area contributed by atoms with Gasteiger partial charge in [0.1, 0.15) is 5.75 Å². The standard InChI is InChI=1S/C21H33BrO/c1-2-3-4-5-6-7-17-8-10-18(11-9-17)12-13-19-14-15-21(23)20(22)16-19/h14-18,23H,2-13H2,1H3. The van der Waals surface area contributed by atoms with Gasteiger partial charge in [0.25, 0.3) is 0 Å². The molecule has 1 saturated carbocycles. The number of aromatic hydroxyl groups is 1. The van der Waals surface area contributed by atoms with Crippen molar-refractivity contribution in [3.05, 3.63) is 28.2 Å². The van der Waals surface area contributed by atoms with Gasteiger partial charge in [0.05, 0.1) is 4.47 Å². The Labute approximate surface area is 151 Å². The molecule has 0 bridgehead atoms. The SMILES string of the molecule is CCCCCCCC1CCC(CCc2ccc(O)c(Br)c2)CC1. The summed E-state index contributed by atoms with van der Waals surface area (Å²) in [7, 11) is 0. The van der Waals surface area contributed by atoms with Crippen molar-refractivity contribution in [2.75, 3.05) is 0 Å². The number of halogens is 1. The van der Waals surface area contributed by atoms with Crippen LogP contribution < -0.4 is 0 Å². The Morgan fingerprint density at radius 2 is 1.61 bits per heavy atom. The summed E-state index contributed by atoms with van der Waals surface area (Å²) in [4.78, 5) is 0. The molecule has 1 aromatic carbocycles. The van der Waals surface area contributed by atoms with E-state index in [4.69, 9.17) is 0 Å². The van der Waals surface area contributed by atoms with E-state index in [1.54, 1.807) is 6.07 Å². The molecule has 1 aliphatic carbocycles. The van der Waals surface area contributed by atoms with Gasteiger partial charge in [-0.25, -0.2) is 0 Å². The zero-order chi connectivity index (χ0) is 16.5. The number of unbranched alkanes of at least 4 members (excludes halogenated alkanes) is 4. The minimum atomic E-state index is 0.341. The molecule has 23 heavy (non-hydrogen) atoms. The van der Waals surface area contributed by atoms with Crippen molar-refractivity contribution in [3.63, 3.8) is 0 Å². The molecular formula is C21H33BrO. The maximum Gasteiger partial charge on any atom is 0.129 e. The molecule has 1 aliphatic rings. The van der Waals surface area contributed by atoms with Crippen LogP contribution in [-0.2, 0) is 6.42 Å². The highest BCUT2D eigenvalue weighted by atomic mass is 79.9. The van der Waals surface area contributed by atoms with E-state index in [0.29, 0.717) is 5.75 Å². The summed E-state index contributed by atoms with van der Waals surface area (Å²) in [5.41, 5.74) is 1.34. The fourth-order valence-electron chi connectivity index (χ4n) is 3.92. The maximum absolute atomic E-state index is 9.56. The van der Waals surface area contributed by atoms with Gasteiger partial charge in [0.15, 0.2) is 0 Å². The lowest BCUT2D eigenvalue weighted by molar-refractivity contribution is 0.248. The van der Waals surface area contributed by atoms with E-state index >= 15 is 0 Å². The third kappa shape index (κ3) is 6.87. The van der Waals surface area contributed by atoms with Crippen molar-refractivity contribution in [1.29, 1.82) is 0 Å². The van der Waals surface area contributed by atoms with E-state index in [9.17, 15) is 5.11 Å². The number of rotatable bonds is 9. The molecule has 2 heteroatoms. The number of hydrogen-bond donors (Lipinski definition) is 1. The van der Waals surface area contributed by atoms with Crippen molar-refractivity contribution in [1.82, 2.24) is 0 Å². The molecule has 0 radical (unpaired) electrons. The van der Waals surface area contributed by atoms with E-state index in [1.165, 1.54) is 76.2 Å². The summed E-state index contributed by atoms with van der Waals surface area (Å²) in [6.07, 6.45) is 16.8. The molecule has 0 saturated heterocycles. The molecular weight excluding hydrogens is 348 g/mol. The molecule has 1 aromatic rings. The van der Waals surface area contributed by atoms with Crippen molar-refractivity contribution in [2.24, 2.45) is 11.8 Å². The lowest BCUT2D eigenvalue weighted by Crippen LogP contribution is -2.15. The highest BCUT2D eigenvalue weighted by Gasteiger charge is 2.20. The monoisotopic (exact) mass is 380 g/mol. The van der Waals surface area contributed by atoms with Crippen molar-refractivity contribution in [2.45, 2.75) is 84.0 Å². The summed E-state index contributed by atoms with van der Waals surface area (Å²) >= 11 is 3.41. The average Bonchev–Trinajstić information content (AvgIpc) is 2.57. The van der Waals surface area contributed by atoms with Crippen molar-refractivity contribution >= 4 is 15.9 Å². The summed E-state index contributed by atoms with van der Waals surface area (Å²) in [5, 5.41) is 9.56. The molecule has 1 N–H and O–H groups in total. The second kappa shape index (κ2) is 10.4. The first-order chi connectivity index (χ1) is 11.2. The number of aryl methyl sites for hydroxylation is 1. The Kier molecular flexibility index (Phi) is 8.50. The first kappa shape index (κ1) is 18.8. The predicted octanol–water partition coefficient (Wildman–Crippen LogP) is 7.25. The molecule has 0 atom stereocenters. The summed E-state index contributed by atoms with van der Waals surface area (Å²) < 4.78 is 0.821. The predicted molar refractivity (Wildman–Crippen MR) is 103 cm³/mol. The van der Waals surface area contributed by atoms with Crippen LogP contribution in [0.4, 0.5) is 0 Å². The first-order valence-corrected chi connectivity index (χ1v) is 10.5. The Balaban J connectivity index is 1.60. The van der Waals surface area contributed by atoms with Gasteiger partial charge in [-0.15, -0.1) is 0 Å². The molecule has 0 heterocycles. The van der Waals surface area contributed by atoms with E-state index in [-0.39, 0.29) is 0 Å². The van der Waals surface area contributed by atoms with Crippen LogP contribution in [0.1, 0.15) is 83.1 Å². The Bertz CT molecular complexity index is 449. The summed E-state index contributed by atoms with van der Waals surface area (Å²) in [6, 6.07) is 5.92. The van der Waals surface area contributed by atoms with Crippen LogP contribution >= 0.6 is 15.9 Å². The van der Waals surface area contributed by atoms with Crippen LogP contribution in [0.25, 0.3) is 0 Å². The van der Waals surface area contributed by atoms with Crippen LogP contribution in [0.15, 0.2) is 22.7 Å². The number of hydrogen-bond acceptors (Lipinski definition) is 1. The molecule has 0 amide bonds. The average molecular weight is 381 g/mol. The zero-order valence-electron chi connectivity index (χ0n) is 14.7. The van der Waals surface area contributed by atoms with Crippen LogP contribution in [0.5, 0.6) is 5.75 Å². The lowest BCUT2D eigenvalue weighted by Gasteiger charge is -2.28. The molecule has 1 fully saturated rings. The van der Waals surface area contributed by atoms with Crippen LogP contribution in [0.2, 0.25) is 0 Å². The Morgan fingerprint density at radius 3 is 2.26 bits per heavy atom. The number of phenols is 1. The largest absolute Gasteiger partial charge is 0.507 e. The van der Waals surface area contributed by atoms with Crippen molar-refractivity contribution in [3.8, 4) is 5.75 Å². The van der Waals surface area contributed by atoms with E-state index in [2.05, 4.69) is 35.0 Å². The highest BCUT2D eigenvalue weighted by Crippen LogP contribution is 2.34. The summed E-state index contributed by atoms with van der Waals surface area (Å²) in [5.74, 6) is 2.27. The van der Waals surface area contributed by atoms with Gasteiger partial charge in [-0.1, -0.05) is 77.2 Å². The molecule has 0 spiro atoms. The van der Waals surface area contributed by atoms with Gasteiger partial charge in [0, 0.05) is 0 Å². The van der Waals surface area contributed by atoms with Gasteiger partial charge in [0.2, 0.25) is 0 Å². The van der Waals surface area contributed by atoms with E-state index in [1.807, 2.05) is 0 Å². The van der Waals surface area contributed by atoms with Crippen molar-refractivity contribution < 1.29 is 5.11 Å². The van der Waals surface area contributed by atoms with Gasteiger partial charge in [-0.2, -0.15) is 0 Å². The van der Waals surface area contributed by atoms with Crippen LogP contribution in [0, 0.1) is 11.8 Å². The third-order valence-corrected chi connectivity index (χ3v) is 6.17. The normalized spacial score (nSPS) is 21.5. The maximum atomic E-state index is 9.56. The minimum absolute atomic E-state index is 0.341. The molecule has 0 aromatic heterocycles. The first-order valence-electron chi connectivity index (χ1n) is 9.66. The highest BCUT2D eigenvalue weighted by molar-refractivity contribution is 9.10. The fourth-order valence-corrected chi connectivity index (χ4v) is 4.35. The molecule has 0 aliphatic heterocycles. The Hall–Kier alpha value is -0.500. The van der Waals surface area contributed by atoms with Crippen LogP contribution in [0.3, 0.4) is 0 Å². The fraction of sp³-hybridized carbons (Fsp3) is 0.714. The summed E-state index contributed by atoms with van der Waals surface area (Å²) in [6.45, 7) is 2.29. The lowest BCUT2D eigenvalue weighted by atomic mass is 9.78. The quantitative estimate of drug-likeness (QED) is 0.447. The minimum Gasteiger partial charge on any atom is -0.507 e. The van der Waals surface area contributed by atoms with E-state index in [0.717, 1.165) is 22.7 Å². The smallest absolute Gasteiger partial charge is 0.129 e. The Morgan fingerprint density at radius 1 is 0.957 bits per heavy atom. The molecule has 2 rings (SSSR count). The van der Waals surface area contributed by atoms with Gasteiger partial charge < -0.3 is 5.11 Å². The van der Waals surface area contributed by atoms with Gasteiger partial charge in [-0.05, 0) is 58.3 Å². The topological polar surface area (TPSA) is 20.2 Å². The number of phenolic OH excluding ortho intramolecular Hbond substituents is 1. The zero-order valence-corrected chi connectivity index (χ0v) is 16.3. The molecule has 1 nitrogen and oxygen atoms in total. The number of benzene rings is 1. The molecule has 130 valence electrons. The van der Waals surface area contributed by atoms with Gasteiger partial charge in [-0.3, -0.25) is 0 Å². The van der Waals surface area contributed by atoms with E-state index < -0.39 is 0 Å².